The number of rotatable bonds is 4. The first-order chi connectivity index (χ1) is 7.40. The van der Waals surface area contributed by atoms with E-state index in [0.717, 1.165) is 35.8 Å². The Hall–Kier alpha value is -0.0400. The Kier molecular flexibility index (Phi) is 1.94. The van der Waals surface area contributed by atoms with Gasteiger partial charge in [-0.05, 0) is 68.6 Å². The smallest absolute Gasteiger partial charge is 0.0126 e. The lowest BCUT2D eigenvalue weighted by atomic mass is 9.93. The average Bonchev–Trinajstić information content (AvgIpc) is 3.16. The van der Waals surface area contributed by atoms with Crippen LogP contribution < -0.4 is 5.32 Å². The Bertz CT molecular complexity index is 242. The van der Waals surface area contributed by atoms with Crippen LogP contribution in [0, 0.1) is 23.7 Å². The summed E-state index contributed by atoms with van der Waals surface area (Å²) in [6.45, 7) is 0. The van der Waals surface area contributed by atoms with Gasteiger partial charge in [-0.3, -0.25) is 0 Å². The minimum Gasteiger partial charge on any atom is -0.310 e. The summed E-state index contributed by atoms with van der Waals surface area (Å²) in [6, 6.07) is 1.87. The first-order valence-corrected chi connectivity index (χ1v) is 7.16. The van der Waals surface area contributed by atoms with Crippen molar-refractivity contribution in [3.05, 3.63) is 0 Å². The molecule has 2 bridgehead atoms. The van der Waals surface area contributed by atoms with E-state index in [1.807, 2.05) is 0 Å². The SMILES string of the molecule is C1CC2CC1CC2NC(C1CC1)C1CC1. The number of nitrogens with one attached hydrogen (secondary N) is 1. The molecule has 0 aliphatic heterocycles. The Labute approximate surface area is 93.0 Å². The first-order valence-electron chi connectivity index (χ1n) is 7.16. The molecule has 1 N–H and O–H groups in total. The number of hydrogen-bond acceptors (Lipinski definition) is 1. The van der Waals surface area contributed by atoms with Gasteiger partial charge in [0.25, 0.3) is 0 Å². The summed E-state index contributed by atoms with van der Waals surface area (Å²) in [5.74, 6) is 4.33. The Balaban J connectivity index is 1.41. The van der Waals surface area contributed by atoms with E-state index in [1.54, 1.807) is 12.8 Å². The van der Waals surface area contributed by atoms with Crippen molar-refractivity contribution in [1.82, 2.24) is 5.32 Å². The van der Waals surface area contributed by atoms with Crippen molar-refractivity contribution in [3.63, 3.8) is 0 Å². The molecular formula is C14H23N. The van der Waals surface area contributed by atoms with Gasteiger partial charge < -0.3 is 5.32 Å². The van der Waals surface area contributed by atoms with Crippen molar-refractivity contribution < 1.29 is 0 Å². The fraction of sp³-hybridized carbons (Fsp3) is 1.00. The molecule has 4 aliphatic carbocycles. The molecule has 3 unspecified atom stereocenters. The second-order valence-electron chi connectivity index (χ2n) is 6.65. The molecule has 4 saturated carbocycles. The molecule has 0 amide bonds. The molecule has 4 rings (SSSR count). The summed E-state index contributed by atoms with van der Waals surface area (Å²) in [6.07, 6.45) is 12.2. The van der Waals surface area contributed by atoms with E-state index < -0.39 is 0 Å². The third-order valence-corrected chi connectivity index (χ3v) is 5.40. The van der Waals surface area contributed by atoms with Gasteiger partial charge in [0.2, 0.25) is 0 Å². The van der Waals surface area contributed by atoms with Gasteiger partial charge in [-0.1, -0.05) is 6.42 Å². The normalized spacial score (nSPS) is 44.2. The van der Waals surface area contributed by atoms with Crippen LogP contribution >= 0.6 is 0 Å². The van der Waals surface area contributed by atoms with E-state index in [0.29, 0.717) is 0 Å². The lowest BCUT2D eigenvalue weighted by Gasteiger charge is -2.29. The molecule has 0 heterocycles. The highest BCUT2D eigenvalue weighted by Crippen LogP contribution is 2.48. The Morgan fingerprint density at radius 2 is 1.53 bits per heavy atom. The fourth-order valence-electron chi connectivity index (χ4n) is 4.26. The zero-order chi connectivity index (χ0) is 9.83. The second-order valence-corrected chi connectivity index (χ2v) is 6.65. The standard InChI is InChI=1S/C14H23N/c1-2-12-7-9(1)8-13(12)15-14(10-3-4-10)11-5-6-11/h9-15H,1-8H2. The molecule has 0 aromatic rings. The molecule has 84 valence electrons. The van der Waals surface area contributed by atoms with Crippen molar-refractivity contribution in [3.8, 4) is 0 Å². The molecule has 0 saturated heterocycles. The molecule has 4 aliphatic rings. The molecule has 15 heavy (non-hydrogen) atoms. The predicted molar refractivity (Wildman–Crippen MR) is 61.6 cm³/mol. The third-order valence-electron chi connectivity index (χ3n) is 5.40. The van der Waals surface area contributed by atoms with Crippen LogP contribution in [0.4, 0.5) is 0 Å². The van der Waals surface area contributed by atoms with E-state index in [1.165, 1.54) is 38.5 Å². The van der Waals surface area contributed by atoms with Crippen molar-refractivity contribution in [1.29, 1.82) is 0 Å². The van der Waals surface area contributed by atoms with Gasteiger partial charge in [0.1, 0.15) is 0 Å². The number of hydrogen-bond donors (Lipinski definition) is 1. The van der Waals surface area contributed by atoms with Crippen LogP contribution in [0.3, 0.4) is 0 Å². The molecule has 0 aromatic carbocycles. The van der Waals surface area contributed by atoms with Crippen LogP contribution in [-0.2, 0) is 0 Å². The van der Waals surface area contributed by atoms with Crippen LogP contribution in [-0.4, -0.2) is 12.1 Å². The van der Waals surface area contributed by atoms with Crippen LogP contribution in [0.25, 0.3) is 0 Å². The Morgan fingerprint density at radius 3 is 2.00 bits per heavy atom. The van der Waals surface area contributed by atoms with Crippen LogP contribution in [0.1, 0.15) is 51.4 Å². The van der Waals surface area contributed by atoms with Crippen LogP contribution in [0.15, 0.2) is 0 Å². The van der Waals surface area contributed by atoms with Crippen LogP contribution in [0.2, 0.25) is 0 Å². The van der Waals surface area contributed by atoms with Crippen molar-refractivity contribution >= 4 is 0 Å². The van der Waals surface area contributed by atoms with E-state index >= 15 is 0 Å². The summed E-state index contributed by atoms with van der Waals surface area (Å²) in [4.78, 5) is 0. The molecule has 0 aromatic heterocycles. The maximum absolute atomic E-state index is 4.07. The van der Waals surface area contributed by atoms with Gasteiger partial charge in [0.05, 0.1) is 0 Å². The average molecular weight is 205 g/mol. The quantitative estimate of drug-likeness (QED) is 0.744. The van der Waals surface area contributed by atoms with Gasteiger partial charge in [0.15, 0.2) is 0 Å². The minimum atomic E-state index is 0.926. The summed E-state index contributed by atoms with van der Waals surface area (Å²) in [5.41, 5.74) is 0. The van der Waals surface area contributed by atoms with Gasteiger partial charge in [0, 0.05) is 12.1 Å². The van der Waals surface area contributed by atoms with Crippen molar-refractivity contribution in [2.75, 3.05) is 0 Å². The summed E-state index contributed by atoms with van der Waals surface area (Å²) in [5, 5.41) is 4.07. The largest absolute Gasteiger partial charge is 0.310 e. The monoisotopic (exact) mass is 205 g/mol. The molecule has 0 spiro atoms. The Morgan fingerprint density at radius 1 is 0.800 bits per heavy atom. The summed E-state index contributed by atoms with van der Waals surface area (Å²) in [7, 11) is 0. The maximum atomic E-state index is 4.07. The first kappa shape index (κ1) is 9.04. The second kappa shape index (κ2) is 3.23. The molecule has 3 atom stereocenters. The lowest BCUT2D eigenvalue weighted by molar-refractivity contribution is 0.286. The maximum Gasteiger partial charge on any atom is 0.0126 e. The van der Waals surface area contributed by atoms with Crippen molar-refractivity contribution in [2.45, 2.75) is 63.5 Å². The van der Waals surface area contributed by atoms with E-state index in [9.17, 15) is 0 Å². The van der Waals surface area contributed by atoms with Gasteiger partial charge >= 0.3 is 0 Å². The van der Waals surface area contributed by atoms with Gasteiger partial charge in [-0.2, -0.15) is 0 Å². The van der Waals surface area contributed by atoms with Crippen molar-refractivity contribution in [2.24, 2.45) is 23.7 Å². The van der Waals surface area contributed by atoms with Gasteiger partial charge in [-0.15, -0.1) is 0 Å². The molecule has 1 heteroatoms. The zero-order valence-corrected chi connectivity index (χ0v) is 9.62. The van der Waals surface area contributed by atoms with Gasteiger partial charge in [-0.25, -0.2) is 0 Å². The zero-order valence-electron chi connectivity index (χ0n) is 9.62. The summed E-state index contributed by atoms with van der Waals surface area (Å²) >= 11 is 0. The lowest BCUT2D eigenvalue weighted by Crippen LogP contribution is -2.43. The fourth-order valence-corrected chi connectivity index (χ4v) is 4.26. The third kappa shape index (κ3) is 1.63. The topological polar surface area (TPSA) is 12.0 Å². The minimum absolute atomic E-state index is 0.926. The number of fused-ring (bicyclic) bond motifs is 2. The molecule has 1 nitrogen and oxygen atoms in total. The molecule has 4 fully saturated rings. The predicted octanol–water partition coefficient (Wildman–Crippen LogP) is 2.95. The highest BCUT2D eigenvalue weighted by Gasteiger charge is 2.46. The summed E-state index contributed by atoms with van der Waals surface area (Å²) < 4.78 is 0. The molecule has 0 radical (unpaired) electrons. The van der Waals surface area contributed by atoms with E-state index in [4.69, 9.17) is 0 Å². The molecular weight excluding hydrogens is 182 g/mol. The highest BCUT2D eigenvalue weighted by atomic mass is 15.0. The van der Waals surface area contributed by atoms with E-state index in [2.05, 4.69) is 5.32 Å². The van der Waals surface area contributed by atoms with Crippen LogP contribution in [0.5, 0.6) is 0 Å². The highest BCUT2D eigenvalue weighted by molar-refractivity contribution is 5.01. The van der Waals surface area contributed by atoms with E-state index in [-0.39, 0.29) is 0 Å².